The van der Waals surface area contributed by atoms with Crippen molar-refractivity contribution in [3.63, 3.8) is 0 Å². The van der Waals surface area contributed by atoms with Crippen molar-refractivity contribution in [1.82, 2.24) is 5.32 Å². The fourth-order valence-corrected chi connectivity index (χ4v) is 3.04. The number of sulfone groups is 1. The van der Waals surface area contributed by atoms with Crippen LogP contribution in [0.3, 0.4) is 0 Å². The zero-order chi connectivity index (χ0) is 14.8. The van der Waals surface area contributed by atoms with Gasteiger partial charge in [0.2, 0.25) is 5.91 Å². The molecule has 1 amide bonds. The molecule has 1 aromatic rings. The highest BCUT2D eigenvalue weighted by atomic mass is 32.2. The third-order valence-electron chi connectivity index (χ3n) is 3.60. The zero-order valence-electron chi connectivity index (χ0n) is 11.7. The lowest BCUT2D eigenvalue weighted by Crippen LogP contribution is -2.48. The minimum atomic E-state index is -3.20. The molecular weight excluding hydrogens is 276 g/mol. The van der Waals surface area contributed by atoms with E-state index in [9.17, 15) is 13.2 Å². The maximum Gasteiger partial charge on any atom is 0.241 e. The quantitative estimate of drug-likeness (QED) is 0.884. The molecule has 1 aromatic carbocycles. The Hall–Kier alpha value is -1.40. The molecule has 2 N–H and O–H groups in total. The number of rotatable bonds is 3. The molecule has 1 aliphatic heterocycles. The molecule has 1 aliphatic rings. The number of piperidine rings is 1. The van der Waals surface area contributed by atoms with Crippen LogP contribution in [0.2, 0.25) is 0 Å². The van der Waals surface area contributed by atoms with E-state index in [1.807, 2.05) is 0 Å². The summed E-state index contributed by atoms with van der Waals surface area (Å²) in [7, 11) is -3.20. The van der Waals surface area contributed by atoms with Gasteiger partial charge in [0, 0.05) is 11.9 Å². The Morgan fingerprint density at radius 1 is 1.30 bits per heavy atom. The van der Waals surface area contributed by atoms with E-state index in [2.05, 4.69) is 17.6 Å². The van der Waals surface area contributed by atoms with E-state index >= 15 is 0 Å². The van der Waals surface area contributed by atoms with Gasteiger partial charge >= 0.3 is 0 Å². The summed E-state index contributed by atoms with van der Waals surface area (Å²) in [4.78, 5) is 12.4. The van der Waals surface area contributed by atoms with E-state index in [1.54, 1.807) is 12.1 Å². The Bertz CT molecular complexity index is 581. The van der Waals surface area contributed by atoms with Crippen molar-refractivity contribution in [2.24, 2.45) is 5.92 Å². The Balaban J connectivity index is 2.04. The van der Waals surface area contributed by atoms with E-state index in [-0.39, 0.29) is 16.8 Å². The lowest BCUT2D eigenvalue weighted by atomic mass is 9.92. The maximum absolute atomic E-state index is 12.2. The topological polar surface area (TPSA) is 75.3 Å². The smallest absolute Gasteiger partial charge is 0.241 e. The van der Waals surface area contributed by atoms with Gasteiger partial charge < -0.3 is 10.6 Å². The Labute approximate surface area is 119 Å². The highest BCUT2D eigenvalue weighted by Crippen LogP contribution is 2.18. The van der Waals surface area contributed by atoms with Crippen molar-refractivity contribution < 1.29 is 13.2 Å². The maximum atomic E-state index is 12.2. The molecule has 1 heterocycles. The summed E-state index contributed by atoms with van der Waals surface area (Å²) in [5.41, 5.74) is 0.613. The Kier molecular flexibility index (Phi) is 4.45. The molecule has 0 bridgehead atoms. The number of anilines is 1. The highest BCUT2D eigenvalue weighted by molar-refractivity contribution is 7.90. The second kappa shape index (κ2) is 5.93. The van der Waals surface area contributed by atoms with Gasteiger partial charge in [-0.2, -0.15) is 0 Å². The SMILES string of the molecule is CC1CCCNC1C(=O)Nc1ccc(S(C)(=O)=O)cc1. The molecule has 2 rings (SSSR count). The van der Waals surface area contributed by atoms with Crippen LogP contribution >= 0.6 is 0 Å². The Morgan fingerprint density at radius 3 is 2.50 bits per heavy atom. The van der Waals surface area contributed by atoms with Crippen molar-refractivity contribution in [3.8, 4) is 0 Å². The van der Waals surface area contributed by atoms with Gasteiger partial charge in [0.15, 0.2) is 9.84 Å². The second-order valence-electron chi connectivity index (χ2n) is 5.34. The first-order valence-electron chi connectivity index (χ1n) is 6.72. The summed E-state index contributed by atoms with van der Waals surface area (Å²) >= 11 is 0. The van der Waals surface area contributed by atoms with Crippen molar-refractivity contribution in [2.45, 2.75) is 30.7 Å². The third-order valence-corrected chi connectivity index (χ3v) is 4.73. The number of carbonyl (C=O) groups excluding carboxylic acids is 1. The van der Waals surface area contributed by atoms with Gasteiger partial charge in [-0.3, -0.25) is 4.79 Å². The molecule has 6 heteroatoms. The first-order valence-corrected chi connectivity index (χ1v) is 8.61. The predicted molar refractivity (Wildman–Crippen MR) is 78.4 cm³/mol. The van der Waals surface area contributed by atoms with Crippen LogP contribution in [-0.4, -0.2) is 33.2 Å². The van der Waals surface area contributed by atoms with Crippen molar-refractivity contribution in [3.05, 3.63) is 24.3 Å². The van der Waals surface area contributed by atoms with Gasteiger partial charge in [-0.05, 0) is 49.6 Å². The second-order valence-corrected chi connectivity index (χ2v) is 7.35. The van der Waals surface area contributed by atoms with E-state index in [0.717, 1.165) is 25.6 Å². The summed E-state index contributed by atoms with van der Waals surface area (Å²) in [5, 5.41) is 6.04. The normalized spacial score (nSPS) is 23.3. The van der Waals surface area contributed by atoms with Gasteiger partial charge in [-0.15, -0.1) is 0 Å². The first-order chi connectivity index (χ1) is 9.38. The van der Waals surface area contributed by atoms with Crippen LogP contribution in [0.15, 0.2) is 29.2 Å². The summed E-state index contributed by atoms with van der Waals surface area (Å²) in [6.45, 7) is 2.92. The van der Waals surface area contributed by atoms with E-state index in [1.165, 1.54) is 12.1 Å². The van der Waals surface area contributed by atoms with Crippen LogP contribution in [-0.2, 0) is 14.6 Å². The molecule has 20 heavy (non-hydrogen) atoms. The first kappa shape index (κ1) is 15.0. The molecular formula is C14H20N2O3S. The highest BCUT2D eigenvalue weighted by Gasteiger charge is 2.27. The van der Waals surface area contributed by atoms with Gasteiger partial charge in [0.25, 0.3) is 0 Å². The molecule has 0 radical (unpaired) electrons. The molecule has 1 fully saturated rings. The number of amides is 1. The fourth-order valence-electron chi connectivity index (χ4n) is 2.41. The zero-order valence-corrected chi connectivity index (χ0v) is 12.5. The molecule has 1 saturated heterocycles. The average Bonchev–Trinajstić information content (AvgIpc) is 2.38. The number of hydrogen-bond donors (Lipinski definition) is 2. The summed E-state index contributed by atoms with van der Waals surface area (Å²) in [6.07, 6.45) is 3.29. The minimum Gasteiger partial charge on any atom is -0.325 e. The minimum absolute atomic E-state index is 0.0655. The van der Waals surface area contributed by atoms with Crippen molar-refractivity contribution >= 4 is 21.4 Å². The molecule has 110 valence electrons. The van der Waals surface area contributed by atoms with E-state index in [4.69, 9.17) is 0 Å². The number of hydrogen-bond acceptors (Lipinski definition) is 4. The largest absolute Gasteiger partial charge is 0.325 e. The average molecular weight is 296 g/mol. The number of carbonyl (C=O) groups is 1. The lowest BCUT2D eigenvalue weighted by molar-refractivity contribution is -0.119. The standard InChI is InChI=1S/C14H20N2O3S/c1-10-4-3-9-15-13(10)14(17)16-11-5-7-12(8-6-11)20(2,18)19/h5-8,10,13,15H,3-4,9H2,1-2H3,(H,16,17). The van der Waals surface area contributed by atoms with Crippen molar-refractivity contribution in [2.75, 3.05) is 18.1 Å². The predicted octanol–water partition coefficient (Wildman–Crippen LogP) is 1.42. The van der Waals surface area contributed by atoms with Crippen LogP contribution in [0.25, 0.3) is 0 Å². The van der Waals surface area contributed by atoms with Gasteiger partial charge in [0.1, 0.15) is 0 Å². The van der Waals surface area contributed by atoms with Gasteiger partial charge in [-0.1, -0.05) is 6.92 Å². The molecule has 0 aliphatic carbocycles. The van der Waals surface area contributed by atoms with Crippen LogP contribution in [0.5, 0.6) is 0 Å². The van der Waals surface area contributed by atoms with Crippen LogP contribution in [0, 0.1) is 5.92 Å². The molecule has 2 atom stereocenters. The Morgan fingerprint density at radius 2 is 1.95 bits per heavy atom. The molecule has 0 spiro atoms. The number of nitrogens with one attached hydrogen (secondary N) is 2. The van der Waals surface area contributed by atoms with E-state index in [0.29, 0.717) is 11.6 Å². The number of benzene rings is 1. The molecule has 0 saturated carbocycles. The summed E-state index contributed by atoms with van der Waals surface area (Å²) in [5.74, 6) is 0.239. The molecule has 5 nitrogen and oxygen atoms in total. The van der Waals surface area contributed by atoms with Crippen LogP contribution < -0.4 is 10.6 Å². The molecule has 2 unspecified atom stereocenters. The van der Waals surface area contributed by atoms with E-state index < -0.39 is 9.84 Å². The third kappa shape index (κ3) is 3.58. The van der Waals surface area contributed by atoms with Gasteiger partial charge in [0.05, 0.1) is 10.9 Å². The fraction of sp³-hybridized carbons (Fsp3) is 0.500. The summed E-state index contributed by atoms with van der Waals surface area (Å²) < 4.78 is 22.7. The monoisotopic (exact) mass is 296 g/mol. The lowest BCUT2D eigenvalue weighted by Gasteiger charge is -2.28. The van der Waals surface area contributed by atoms with Crippen LogP contribution in [0.1, 0.15) is 19.8 Å². The van der Waals surface area contributed by atoms with Gasteiger partial charge in [-0.25, -0.2) is 8.42 Å². The summed E-state index contributed by atoms with van der Waals surface area (Å²) in [6, 6.07) is 6.05. The van der Waals surface area contributed by atoms with Crippen molar-refractivity contribution in [1.29, 1.82) is 0 Å². The van der Waals surface area contributed by atoms with Crippen LogP contribution in [0.4, 0.5) is 5.69 Å². The molecule has 0 aromatic heterocycles.